The Balaban J connectivity index is 1.50. The number of amides is 2. The molecule has 0 saturated carbocycles. The van der Waals surface area contributed by atoms with Crippen LogP contribution in [-0.2, 0) is 9.59 Å². The van der Waals surface area contributed by atoms with Crippen molar-refractivity contribution in [3.8, 4) is 17.2 Å². The molecule has 176 valence electrons. The van der Waals surface area contributed by atoms with Crippen molar-refractivity contribution in [2.75, 3.05) is 25.6 Å². The molecule has 0 atom stereocenters. The maximum Gasteiger partial charge on any atom is 0.277 e. The van der Waals surface area contributed by atoms with Crippen molar-refractivity contribution in [1.82, 2.24) is 5.43 Å². The molecule has 34 heavy (non-hydrogen) atoms. The van der Waals surface area contributed by atoms with Crippen molar-refractivity contribution in [3.05, 3.63) is 81.4 Å². The molecule has 0 radical (unpaired) electrons. The maximum atomic E-state index is 12.2. The van der Waals surface area contributed by atoms with Crippen molar-refractivity contribution >= 4 is 46.3 Å². The molecule has 3 aromatic rings. The van der Waals surface area contributed by atoms with Crippen LogP contribution in [0.25, 0.3) is 0 Å². The van der Waals surface area contributed by atoms with Crippen molar-refractivity contribution in [2.24, 2.45) is 5.10 Å². The normalized spacial score (nSPS) is 10.6. The molecule has 3 aromatic carbocycles. The fourth-order valence-electron chi connectivity index (χ4n) is 2.84. The van der Waals surface area contributed by atoms with E-state index in [-0.39, 0.29) is 25.0 Å². The summed E-state index contributed by atoms with van der Waals surface area (Å²) in [4.78, 5) is 24.2. The predicted molar refractivity (Wildman–Crippen MR) is 139 cm³/mol. The monoisotopic (exact) mass is 573 g/mol. The summed E-state index contributed by atoms with van der Waals surface area (Å²) in [5, 5.41) is 6.76. The smallest absolute Gasteiger partial charge is 0.277 e. The van der Waals surface area contributed by atoms with Gasteiger partial charge in [0.25, 0.3) is 11.8 Å². The van der Waals surface area contributed by atoms with Gasteiger partial charge < -0.3 is 19.5 Å². The third kappa shape index (κ3) is 7.48. The number of halogens is 1. The van der Waals surface area contributed by atoms with Gasteiger partial charge in [-0.2, -0.15) is 5.10 Å². The molecule has 0 spiro atoms. The highest BCUT2D eigenvalue weighted by Gasteiger charge is 2.10. The van der Waals surface area contributed by atoms with E-state index in [1.165, 1.54) is 13.3 Å². The number of nitrogens with zero attached hydrogens (tertiary/aromatic N) is 1. The van der Waals surface area contributed by atoms with Gasteiger partial charge in [0.1, 0.15) is 5.75 Å². The first-order chi connectivity index (χ1) is 16.5. The Morgan fingerprint density at radius 3 is 2.38 bits per heavy atom. The summed E-state index contributed by atoms with van der Waals surface area (Å²) in [5.74, 6) is 0.810. The minimum Gasteiger partial charge on any atom is -0.493 e. The Morgan fingerprint density at radius 1 is 0.912 bits per heavy atom. The van der Waals surface area contributed by atoms with Gasteiger partial charge in [-0.1, -0.05) is 30.3 Å². The van der Waals surface area contributed by atoms with Gasteiger partial charge in [0.05, 0.1) is 16.9 Å². The molecular weight excluding hydrogens is 549 g/mol. The number of hydrogen-bond donors (Lipinski definition) is 2. The summed E-state index contributed by atoms with van der Waals surface area (Å²) in [6, 6.07) is 20.0. The number of rotatable bonds is 10. The second-order valence-corrected chi connectivity index (χ2v) is 8.24. The number of hydrazone groups is 1. The number of carbonyl (C=O) groups excluding carboxylic acids is 2. The van der Waals surface area contributed by atoms with Crippen LogP contribution in [0, 0.1) is 10.5 Å². The third-order valence-corrected chi connectivity index (χ3v) is 5.46. The SMILES string of the molecule is COc1cc(/C=N/NC(=O)COc2ccccc2I)ccc1OCC(=O)Nc1ccccc1C. The first-order valence-electron chi connectivity index (χ1n) is 10.3. The second kappa shape index (κ2) is 12.6. The molecule has 9 heteroatoms. The lowest BCUT2D eigenvalue weighted by atomic mass is 10.2. The Labute approximate surface area is 211 Å². The van der Waals surface area contributed by atoms with E-state index in [4.69, 9.17) is 14.2 Å². The van der Waals surface area contributed by atoms with Crippen LogP contribution < -0.4 is 25.0 Å². The van der Waals surface area contributed by atoms with Crippen molar-refractivity contribution < 1.29 is 23.8 Å². The summed E-state index contributed by atoms with van der Waals surface area (Å²) in [7, 11) is 1.50. The Morgan fingerprint density at radius 2 is 1.62 bits per heavy atom. The number of para-hydroxylation sites is 2. The van der Waals surface area contributed by atoms with Gasteiger partial charge in [0.15, 0.2) is 24.7 Å². The first-order valence-corrected chi connectivity index (χ1v) is 11.4. The van der Waals surface area contributed by atoms with Crippen molar-refractivity contribution in [2.45, 2.75) is 6.92 Å². The molecule has 8 nitrogen and oxygen atoms in total. The summed E-state index contributed by atoms with van der Waals surface area (Å²) < 4.78 is 17.4. The van der Waals surface area contributed by atoms with Crippen molar-refractivity contribution in [3.63, 3.8) is 0 Å². The molecule has 0 aliphatic carbocycles. The zero-order valence-electron chi connectivity index (χ0n) is 18.7. The lowest BCUT2D eigenvalue weighted by Gasteiger charge is -2.12. The Kier molecular flexibility index (Phi) is 9.27. The number of ether oxygens (including phenoxy) is 3. The maximum absolute atomic E-state index is 12.2. The number of hydrogen-bond acceptors (Lipinski definition) is 6. The van der Waals surface area contributed by atoms with Crippen LogP contribution in [-0.4, -0.2) is 38.4 Å². The van der Waals surface area contributed by atoms with E-state index in [0.717, 1.165) is 14.8 Å². The van der Waals surface area contributed by atoms with Crippen LogP contribution >= 0.6 is 22.6 Å². The van der Waals surface area contributed by atoms with Crippen LogP contribution in [0.3, 0.4) is 0 Å². The van der Waals surface area contributed by atoms with Gasteiger partial charge in [0.2, 0.25) is 0 Å². The van der Waals surface area contributed by atoms with E-state index in [1.807, 2.05) is 49.4 Å². The topological polar surface area (TPSA) is 98.2 Å². The predicted octanol–water partition coefficient (Wildman–Crippen LogP) is 4.15. The van der Waals surface area contributed by atoms with Gasteiger partial charge >= 0.3 is 0 Å². The number of methoxy groups -OCH3 is 1. The number of benzene rings is 3. The molecule has 2 amide bonds. The Hall–Kier alpha value is -3.60. The molecular formula is C25H24IN3O5. The highest BCUT2D eigenvalue weighted by molar-refractivity contribution is 14.1. The number of nitrogens with one attached hydrogen (secondary N) is 2. The van der Waals surface area contributed by atoms with Crippen LogP contribution in [0.2, 0.25) is 0 Å². The molecule has 0 bridgehead atoms. The van der Waals surface area contributed by atoms with E-state index >= 15 is 0 Å². The highest BCUT2D eigenvalue weighted by atomic mass is 127. The molecule has 0 unspecified atom stereocenters. The number of carbonyl (C=O) groups is 2. The van der Waals surface area contributed by atoms with Gasteiger partial charge in [-0.3, -0.25) is 9.59 Å². The van der Waals surface area contributed by atoms with Crippen LogP contribution in [0.5, 0.6) is 17.2 Å². The number of aryl methyl sites for hydroxylation is 1. The first kappa shape index (κ1) is 25.0. The molecule has 2 N–H and O–H groups in total. The fourth-order valence-corrected chi connectivity index (χ4v) is 3.39. The molecule has 3 rings (SSSR count). The van der Waals surface area contributed by atoms with E-state index in [0.29, 0.717) is 22.8 Å². The van der Waals surface area contributed by atoms with Crippen LogP contribution in [0.4, 0.5) is 5.69 Å². The zero-order valence-corrected chi connectivity index (χ0v) is 20.9. The second-order valence-electron chi connectivity index (χ2n) is 7.07. The van der Waals surface area contributed by atoms with Crippen LogP contribution in [0.1, 0.15) is 11.1 Å². The summed E-state index contributed by atoms with van der Waals surface area (Å²) in [6.07, 6.45) is 1.47. The van der Waals surface area contributed by atoms with E-state index in [2.05, 4.69) is 38.4 Å². The summed E-state index contributed by atoms with van der Waals surface area (Å²) in [5.41, 5.74) is 4.79. The highest BCUT2D eigenvalue weighted by Crippen LogP contribution is 2.27. The average Bonchev–Trinajstić information content (AvgIpc) is 2.84. The Bertz CT molecular complexity index is 1180. The molecule has 0 saturated heterocycles. The lowest BCUT2D eigenvalue weighted by Crippen LogP contribution is -2.24. The van der Waals surface area contributed by atoms with Gasteiger partial charge in [-0.15, -0.1) is 0 Å². The van der Waals surface area contributed by atoms with Crippen molar-refractivity contribution in [1.29, 1.82) is 0 Å². The largest absolute Gasteiger partial charge is 0.493 e. The quantitative estimate of drug-likeness (QED) is 0.216. The summed E-state index contributed by atoms with van der Waals surface area (Å²) >= 11 is 2.14. The molecule has 0 aromatic heterocycles. The molecule has 0 aliphatic heterocycles. The fraction of sp³-hybridized carbons (Fsp3) is 0.160. The minimum absolute atomic E-state index is 0.155. The van der Waals surface area contributed by atoms with Gasteiger partial charge in [-0.25, -0.2) is 5.43 Å². The average molecular weight is 573 g/mol. The standard InChI is InChI=1S/C25H24IN3O5/c1-17-7-3-5-9-20(17)28-24(30)15-34-22-12-11-18(13-23(22)32-2)14-27-29-25(31)16-33-21-10-6-4-8-19(21)26/h3-14H,15-16H2,1-2H3,(H,28,30)(H,29,31)/b27-14+. The zero-order chi connectivity index (χ0) is 24.3. The minimum atomic E-state index is -0.387. The summed E-state index contributed by atoms with van der Waals surface area (Å²) in [6.45, 7) is 1.59. The lowest BCUT2D eigenvalue weighted by molar-refractivity contribution is -0.123. The molecule has 0 heterocycles. The molecule has 0 aliphatic rings. The molecule has 0 fully saturated rings. The van der Waals surface area contributed by atoms with Crippen LogP contribution in [0.15, 0.2) is 71.8 Å². The van der Waals surface area contributed by atoms with E-state index in [9.17, 15) is 9.59 Å². The van der Waals surface area contributed by atoms with Gasteiger partial charge in [0, 0.05) is 5.69 Å². The third-order valence-electron chi connectivity index (χ3n) is 4.56. The van der Waals surface area contributed by atoms with Gasteiger partial charge in [-0.05, 0) is 77.0 Å². The number of anilines is 1. The van der Waals surface area contributed by atoms with E-state index in [1.54, 1.807) is 24.3 Å². The van der Waals surface area contributed by atoms with E-state index < -0.39 is 0 Å².